The lowest BCUT2D eigenvalue weighted by Gasteiger charge is -2.62. The molecule has 1 saturated heterocycles. The van der Waals surface area contributed by atoms with Crippen LogP contribution < -0.4 is 0 Å². The zero-order valence-corrected chi connectivity index (χ0v) is 20.1. The molecule has 5 rings (SSSR count). The van der Waals surface area contributed by atoms with Crippen molar-refractivity contribution in [3.05, 3.63) is 0 Å². The molecule has 5 fully saturated rings. The van der Waals surface area contributed by atoms with Crippen LogP contribution in [-0.4, -0.2) is 34.0 Å². The highest BCUT2D eigenvalue weighted by molar-refractivity contribution is 5.79. The van der Waals surface area contributed by atoms with E-state index in [1.807, 2.05) is 0 Å². The van der Waals surface area contributed by atoms with Crippen LogP contribution in [0.25, 0.3) is 0 Å². The largest absolute Gasteiger partial charge is 0.389 e. The molecule has 4 aliphatic carbocycles. The molecule has 5 aliphatic rings. The second-order valence-corrected chi connectivity index (χ2v) is 12.8. The number of rotatable bonds is 2. The van der Waals surface area contributed by atoms with Crippen LogP contribution in [0.15, 0.2) is 0 Å². The minimum Gasteiger partial charge on any atom is -0.389 e. The van der Waals surface area contributed by atoms with Gasteiger partial charge in [-0.15, -0.1) is 0 Å². The number of hydrogen-bond donors (Lipinski definition) is 2. The maximum atomic E-state index is 12.2. The Kier molecular flexibility index (Phi) is 5.43. The van der Waals surface area contributed by atoms with Crippen LogP contribution in [-0.2, 0) is 9.53 Å². The molecule has 0 aromatic rings. The fraction of sp³-hybridized carbons (Fsp3) is 0.963. The van der Waals surface area contributed by atoms with E-state index in [9.17, 15) is 15.0 Å². The topological polar surface area (TPSA) is 66.8 Å². The van der Waals surface area contributed by atoms with Gasteiger partial charge in [0.2, 0.25) is 0 Å². The Bertz CT molecular complexity index is 720. The Morgan fingerprint density at radius 3 is 2.39 bits per heavy atom. The van der Waals surface area contributed by atoms with Crippen LogP contribution >= 0.6 is 0 Å². The van der Waals surface area contributed by atoms with Gasteiger partial charge in [-0.05, 0) is 98.2 Å². The van der Waals surface area contributed by atoms with Crippen LogP contribution in [0, 0.1) is 46.3 Å². The van der Waals surface area contributed by atoms with Crippen LogP contribution in [0.1, 0.15) is 98.3 Å². The highest BCUT2D eigenvalue weighted by atomic mass is 16.6. The molecule has 2 N–H and O–H groups in total. The Morgan fingerprint density at radius 2 is 1.68 bits per heavy atom. The third-order valence-corrected chi connectivity index (χ3v) is 11.5. The molecule has 1 aliphatic heterocycles. The summed E-state index contributed by atoms with van der Waals surface area (Å²) in [6, 6.07) is 0. The monoisotopic (exact) mass is 432 g/mol. The summed E-state index contributed by atoms with van der Waals surface area (Å²) < 4.78 is 6.03. The number of ether oxygens (including phenoxy) is 1. The minimum absolute atomic E-state index is 0.0971. The van der Waals surface area contributed by atoms with Crippen LogP contribution in [0.2, 0.25) is 0 Å². The highest BCUT2D eigenvalue weighted by Gasteiger charge is 2.67. The first kappa shape index (κ1) is 22.3. The average Bonchev–Trinajstić information content (AvgIpc) is 3.00. The molecule has 31 heavy (non-hydrogen) atoms. The second kappa shape index (κ2) is 7.53. The number of carbonyl (C=O) groups is 1. The van der Waals surface area contributed by atoms with Crippen molar-refractivity contribution in [3.63, 3.8) is 0 Å². The van der Waals surface area contributed by atoms with Gasteiger partial charge >= 0.3 is 0 Å². The zero-order chi connectivity index (χ0) is 22.2. The van der Waals surface area contributed by atoms with Gasteiger partial charge in [-0.3, -0.25) is 4.79 Å². The molecular formula is C27H44O4. The van der Waals surface area contributed by atoms with E-state index in [0.717, 1.165) is 51.4 Å². The molecular weight excluding hydrogens is 388 g/mol. The molecule has 4 heteroatoms. The van der Waals surface area contributed by atoms with Gasteiger partial charge in [-0.25, -0.2) is 0 Å². The van der Waals surface area contributed by atoms with E-state index >= 15 is 0 Å². The molecule has 1 heterocycles. The molecule has 0 aromatic heterocycles. The van der Waals surface area contributed by atoms with Crippen molar-refractivity contribution in [3.8, 4) is 0 Å². The lowest BCUT2D eigenvalue weighted by atomic mass is 9.44. The van der Waals surface area contributed by atoms with E-state index in [2.05, 4.69) is 27.7 Å². The highest BCUT2D eigenvalue weighted by Crippen LogP contribution is 2.69. The second-order valence-electron chi connectivity index (χ2n) is 12.8. The first-order valence-corrected chi connectivity index (χ1v) is 13.2. The Labute approximate surface area is 188 Å². The molecule has 4 saturated carbocycles. The zero-order valence-electron chi connectivity index (χ0n) is 20.1. The number of carbonyl (C=O) groups excluding carboxylic acids is 1. The molecule has 0 bridgehead atoms. The van der Waals surface area contributed by atoms with Gasteiger partial charge in [-0.2, -0.15) is 0 Å². The number of hydrogen-bond acceptors (Lipinski definition) is 4. The first-order chi connectivity index (χ1) is 14.6. The molecule has 0 spiro atoms. The van der Waals surface area contributed by atoms with Gasteiger partial charge in [0.1, 0.15) is 5.78 Å². The molecule has 0 aromatic carbocycles. The van der Waals surface area contributed by atoms with Crippen LogP contribution in [0.4, 0.5) is 0 Å². The maximum absolute atomic E-state index is 12.2. The molecule has 4 nitrogen and oxygen atoms in total. The van der Waals surface area contributed by atoms with Crippen LogP contribution in [0.5, 0.6) is 0 Å². The molecule has 176 valence electrons. The number of aliphatic hydroxyl groups is 2. The van der Waals surface area contributed by atoms with Crippen molar-refractivity contribution < 1.29 is 19.7 Å². The van der Waals surface area contributed by atoms with Gasteiger partial charge < -0.3 is 14.9 Å². The summed E-state index contributed by atoms with van der Waals surface area (Å²) in [6.45, 7) is 9.11. The summed E-state index contributed by atoms with van der Waals surface area (Å²) in [5, 5.41) is 23.2. The molecule has 4 unspecified atom stereocenters. The Hall–Kier alpha value is -0.450. The lowest BCUT2D eigenvalue weighted by Crippen LogP contribution is -2.61. The van der Waals surface area contributed by atoms with E-state index in [4.69, 9.17) is 4.74 Å². The number of fused-ring (bicyclic) bond motifs is 5. The fourth-order valence-electron chi connectivity index (χ4n) is 9.50. The minimum atomic E-state index is -0.850. The maximum Gasteiger partial charge on any atom is 0.160 e. The fourth-order valence-corrected chi connectivity index (χ4v) is 9.50. The summed E-state index contributed by atoms with van der Waals surface area (Å²) >= 11 is 0. The van der Waals surface area contributed by atoms with Crippen molar-refractivity contribution in [2.24, 2.45) is 46.3 Å². The summed E-state index contributed by atoms with van der Waals surface area (Å²) in [6.07, 6.45) is 10.2. The van der Waals surface area contributed by atoms with Crippen molar-refractivity contribution in [2.45, 2.75) is 116 Å². The SMILES string of the molecule is CC(C)[C@H]1CC[C@H]([C@@]2(O)CCC3C4CCC5CC(=O)CC[C@]5(C)C4CC[C@@]32C)[C@H](O)O1. The van der Waals surface area contributed by atoms with E-state index in [0.29, 0.717) is 40.8 Å². The van der Waals surface area contributed by atoms with Crippen LogP contribution in [0.3, 0.4) is 0 Å². The smallest absolute Gasteiger partial charge is 0.160 e. The first-order valence-electron chi connectivity index (χ1n) is 13.2. The van der Waals surface area contributed by atoms with E-state index in [-0.39, 0.29) is 17.4 Å². The van der Waals surface area contributed by atoms with Crippen molar-refractivity contribution in [2.75, 3.05) is 0 Å². The Morgan fingerprint density at radius 1 is 0.935 bits per heavy atom. The van der Waals surface area contributed by atoms with Crippen molar-refractivity contribution in [1.29, 1.82) is 0 Å². The van der Waals surface area contributed by atoms with Crippen molar-refractivity contribution >= 4 is 5.78 Å². The number of Topliss-reactive ketones (excluding diaryl/α,β-unsaturated/α-hetero) is 1. The van der Waals surface area contributed by atoms with Gasteiger partial charge in [-0.1, -0.05) is 27.7 Å². The van der Waals surface area contributed by atoms with E-state index < -0.39 is 11.9 Å². The molecule has 0 amide bonds. The van der Waals surface area contributed by atoms with Gasteiger partial charge in [0, 0.05) is 18.8 Å². The lowest BCUT2D eigenvalue weighted by molar-refractivity contribution is -0.267. The number of ketones is 1. The van der Waals surface area contributed by atoms with E-state index in [1.165, 1.54) is 19.3 Å². The Balaban J connectivity index is 1.38. The number of aliphatic hydroxyl groups excluding tert-OH is 1. The van der Waals surface area contributed by atoms with Crippen molar-refractivity contribution in [1.82, 2.24) is 0 Å². The summed E-state index contributed by atoms with van der Waals surface area (Å²) in [5.74, 6) is 3.15. The molecule has 0 radical (unpaired) electrons. The van der Waals surface area contributed by atoms with Gasteiger partial charge in [0.25, 0.3) is 0 Å². The summed E-state index contributed by atoms with van der Waals surface area (Å²) in [5.41, 5.74) is -0.664. The standard InChI is InChI=1S/C27H44O4/c1-16(2)23-8-7-22(24(29)31-23)27(30)14-11-21-19-6-5-17-15-18(28)9-12-25(17,3)20(19)10-13-26(21,27)4/h16-17,19-24,29-30H,5-15H2,1-4H3/t17?,19?,20?,21?,22-,23+,24+,25-,26-,27-/m0/s1. The third-order valence-electron chi connectivity index (χ3n) is 11.5. The van der Waals surface area contributed by atoms with Gasteiger partial charge in [0.15, 0.2) is 6.29 Å². The normalized spacial score (nSPS) is 54.9. The third kappa shape index (κ3) is 3.14. The summed E-state index contributed by atoms with van der Waals surface area (Å²) in [7, 11) is 0. The quantitative estimate of drug-likeness (QED) is 0.637. The average molecular weight is 433 g/mol. The van der Waals surface area contributed by atoms with Gasteiger partial charge in [0.05, 0.1) is 11.7 Å². The summed E-state index contributed by atoms with van der Waals surface area (Å²) in [4.78, 5) is 12.1. The van der Waals surface area contributed by atoms with E-state index in [1.54, 1.807) is 0 Å². The molecule has 10 atom stereocenters. The predicted octanol–water partition coefficient (Wildman–Crippen LogP) is 5.10. The predicted molar refractivity (Wildman–Crippen MR) is 120 cm³/mol.